The molecular weight excluding hydrogens is 292 g/mol. The van der Waals surface area contributed by atoms with Crippen molar-refractivity contribution in [1.82, 2.24) is 16.0 Å². The molecule has 0 saturated carbocycles. The second kappa shape index (κ2) is 6.16. The summed E-state index contributed by atoms with van der Waals surface area (Å²) >= 11 is 0. The highest BCUT2D eigenvalue weighted by Gasteiger charge is 2.25. The van der Waals surface area contributed by atoms with E-state index >= 15 is 0 Å². The summed E-state index contributed by atoms with van der Waals surface area (Å²) in [5.41, 5.74) is 9.01. The molecule has 5 N–H and O–H groups in total. The first-order chi connectivity index (χ1) is 11.0. The normalized spacial score (nSPS) is 20.4. The van der Waals surface area contributed by atoms with Gasteiger partial charge in [-0.25, -0.2) is 4.79 Å². The van der Waals surface area contributed by atoms with Crippen LogP contribution < -0.4 is 21.7 Å². The Morgan fingerprint density at radius 1 is 1.30 bits per heavy atom. The van der Waals surface area contributed by atoms with Gasteiger partial charge >= 0.3 is 6.03 Å². The number of amides is 3. The molecule has 1 atom stereocenters. The summed E-state index contributed by atoms with van der Waals surface area (Å²) in [7, 11) is 0. The van der Waals surface area contributed by atoms with Gasteiger partial charge in [-0.3, -0.25) is 4.79 Å². The number of nitrogens with one attached hydrogen (secondary N) is 3. The third kappa shape index (κ3) is 3.21. The summed E-state index contributed by atoms with van der Waals surface area (Å²) in [4.78, 5) is 23.7. The van der Waals surface area contributed by atoms with Gasteiger partial charge < -0.3 is 21.7 Å². The van der Waals surface area contributed by atoms with Gasteiger partial charge in [0.25, 0.3) is 5.91 Å². The van der Waals surface area contributed by atoms with E-state index in [1.807, 2.05) is 6.07 Å². The summed E-state index contributed by atoms with van der Waals surface area (Å²) in [6.45, 7) is 4.17. The zero-order chi connectivity index (χ0) is 16.4. The number of carbonyl (C=O) groups is 2. The van der Waals surface area contributed by atoms with Crippen LogP contribution in [0.3, 0.4) is 0 Å². The van der Waals surface area contributed by atoms with Crippen LogP contribution in [0.15, 0.2) is 47.9 Å². The third-order valence-corrected chi connectivity index (χ3v) is 4.32. The minimum Gasteiger partial charge on any atom is -0.395 e. The van der Waals surface area contributed by atoms with Gasteiger partial charge in [-0.1, -0.05) is 30.8 Å². The molecule has 0 fully saturated rings. The van der Waals surface area contributed by atoms with Gasteiger partial charge in [-0.2, -0.15) is 0 Å². The van der Waals surface area contributed by atoms with Gasteiger partial charge in [0.2, 0.25) is 0 Å². The van der Waals surface area contributed by atoms with Crippen LogP contribution in [0.5, 0.6) is 0 Å². The minimum atomic E-state index is -0.499. The van der Waals surface area contributed by atoms with Crippen molar-refractivity contribution < 1.29 is 9.59 Å². The fraction of sp³-hybridized carbons (Fsp3) is 0.294. The molecule has 3 rings (SSSR count). The Morgan fingerprint density at radius 2 is 2.04 bits per heavy atom. The van der Waals surface area contributed by atoms with Crippen molar-refractivity contribution >= 4 is 11.9 Å². The van der Waals surface area contributed by atoms with E-state index in [-0.39, 0.29) is 23.0 Å². The maximum atomic E-state index is 12.3. The van der Waals surface area contributed by atoms with Crippen molar-refractivity contribution in [2.75, 3.05) is 6.54 Å². The van der Waals surface area contributed by atoms with Crippen molar-refractivity contribution in [2.45, 2.75) is 19.3 Å². The molecule has 3 amide bonds. The van der Waals surface area contributed by atoms with Crippen molar-refractivity contribution in [3.8, 4) is 0 Å². The van der Waals surface area contributed by atoms with Crippen molar-refractivity contribution in [3.63, 3.8) is 0 Å². The lowest BCUT2D eigenvalue weighted by Crippen LogP contribution is -2.47. The number of fused-ring (bicyclic) bond motifs is 1. The molecule has 120 valence electrons. The number of aryl methyl sites for hydroxylation is 1. The maximum Gasteiger partial charge on any atom is 0.323 e. The number of urea groups is 1. The van der Waals surface area contributed by atoms with Gasteiger partial charge in [-0.05, 0) is 36.3 Å². The van der Waals surface area contributed by atoms with Crippen LogP contribution in [0.25, 0.3) is 0 Å². The van der Waals surface area contributed by atoms with E-state index in [1.165, 1.54) is 11.1 Å². The van der Waals surface area contributed by atoms with E-state index in [0.29, 0.717) is 12.5 Å². The standard InChI is InChI=1S/C17H20N4O2/c1-10-14(18)15(21-17(23)20-10)16(22)19-9-11-6-7-12-4-2-3-5-13(12)8-11/h2-5,11H,1,6-9,18H2,(H,19,22)(H2,20,21,23). The molecule has 2 aliphatic rings. The van der Waals surface area contributed by atoms with Crippen LogP contribution in [0.4, 0.5) is 4.79 Å². The SMILES string of the molecule is C=C1NC(=O)NC(C(=O)NCC2CCc3ccccc3C2)=C1N. The molecule has 0 radical (unpaired) electrons. The third-order valence-electron chi connectivity index (χ3n) is 4.32. The molecule has 23 heavy (non-hydrogen) atoms. The van der Waals surface area contributed by atoms with Crippen LogP contribution in [0, 0.1) is 5.92 Å². The lowest BCUT2D eigenvalue weighted by Gasteiger charge is -2.26. The molecule has 1 aromatic carbocycles. The van der Waals surface area contributed by atoms with Crippen LogP contribution in [-0.2, 0) is 17.6 Å². The monoisotopic (exact) mass is 312 g/mol. The first kappa shape index (κ1) is 15.1. The van der Waals surface area contributed by atoms with Crippen LogP contribution in [-0.4, -0.2) is 18.5 Å². The zero-order valence-corrected chi connectivity index (χ0v) is 12.8. The lowest BCUT2D eigenvalue weighted by atomic mass is 9.84. The summed E-state index contributed by atoms with van der Waals surface area (Å²) < 4.78 is 0. The first-order valence-corrected chi connectivity index (χ1v) is 7.66. The van der Waals surface area contributed by atoms with E-state index < -0.39 is 6.03 Å². The second-order valence-electron chi connectivity index (χ2n) is 5.93. The van der Waals surface area contributed by atoms with Crippen LogP contribution >= 0.6 is 0 Å². The number of carbonyl (C=O) groups excluding carboxylic acids is 2. The van der Waals surface area contributed by atoms with Crippen molar-refractivity contribution in [2.24, 2.45) is 11.7 Å². The van der Waals surface area contributed by atoms with Crippen LogP contribution in [0.2, 0.25) is 0 Å². The average Bonchev–Trinajstić information content (AvgIpc) is 2.55. The van der Waals surface area contributed by atoms with Gasteiger partial charge in [0.05, 0.1) is 11.4 Å². The molecule has 0 spiro atoms. The Bertz CT molecular complexity index is 708. The minimum absolute atomic E-state index is 0.0648. The van der Waals surface area contributed by atoms with Crippen molar-refractivity contribution in [3.05, 3.63) is 59.1 Å². The smallest absolute Gasteiger partial charge is 0.323 e. The van der Waals surface area contributed by atoms with E-state index in [0.717, 1.165) is 19.3 Å². The summed E-state index contributed by atoms with van der Waals surface area (Å²) in [5.74, 6) is 0.00801. The number of hydrogen-bond acceptors (Lipinski definition) is 3. The Hall–Kier alpha value is -2.76. The van der Waals surface area contributed by atoms with E-state index in [9.17, 15) is 9.59 Å². The highest BCUT2D eigenvalue weighted by atomic mass is 16.2. The molecule has 6 nitrogen and oxygen atoms in total. The molecule has 1 aliphatic carbocycles. The number of hydrogen-bond donors (Lipinski definition) is 4. The van der Waals surface area contributed by atoms with Crippen LogP contribution in [0.1, 0.15) is 17.5 Å². The Morgan fingerprint density at radius 3 is 2.83 bits per heavy atom. The Kier molecular flexibility index (Phi) is 4.06. The Labute approximate surface area is 134 Å². The molecule has 6 heteroatoms. The molecule has 0 aromatic heterocycles. The van der Waals surface area contributed by atoms with Gasteiger partial charge in [0, 0.05) is 6.54 Å². The molecule has 0 bridgehead atoms. The predicted octanol–water partition coefficient (Wildman–Crippen LogP) is 0.904. The topological polar surface area (TPSA) is 96.2 Å². The average molecular weight is 312 g/mol. The molecule has 1 heterocycles. The molecule has 1 aliphatic heterocycles. The van der Waals surface area contributed by atoms with E-state index in [2.05, 4.69) is 40.7 Å². The largest absolute Gasteiger partial charge is 0.395 e. The van der Waals surface area contributed by atoms with Crippen molar-refractivity contribution in [1.29, 1.82) is 0 Å². The molecule has 1 aromatic rings. The fourth-order valence-electron chi connectivity index (χ4n) is 3.02. The lowest BCUT2D eigenvalue weighted by molar-refractivity contribution is -0.118. The summed E-state index contributed by atoms with van der Waals surface area (Å²) in [6, 6.07) is 7.90. The maximum absolute atomic E-state index is 12.3. The number of nitrogens with two attached hydrogens (primary N) is 1. The summed E-state index contributed by atoms with van der Waals surface area (Å²) in [5, 5.41) is 7.72. The zero-order valence-electron chi connectivity index (χ0n) is 12.8. The highest BCUT2D eigenvalue weighted by molar-refractivity contribution is 6.00. The highest BCUT2D eigenvalue weighted by Crippen LogP contribution is 2.24. The predicted molar refractivity (Wildman–Crippen MR) is 87.0 cm³/mol. The second-order valence-corrected chi connectivity index (χ2v) is 5.93. The molecular formula is C17H20N4O2. The number of rotatable bonds is 3. The summed E-state index contributed by atoms with van der Waals surface area (Å²) in [6.07, 6.45) is 3.01. The molecule has 0 saturated heterocycles. The molecule has 1 unspecified atom stereocenters. The van der Waals surface area contributed by atoms with E-state index in [4.69, 9.17) is 5.73 Å². The van der Waals surface area contributed by atoms with E-state index in [1.54, 1.807) is 0 Å². The van der Waals surface area contributed by atoms with Gasteiger partial charge in [-0.15, -0.1) is 0 Å². The number of benzene rings is 1. The van der Waals surface area contributed by atoms with Gasteiger partial charge in [0.15, 0.2) is 0 Å². The Balaban J connectivity index is 1.61. The first-order valence-electron chi connectivity index (χ1n) is 7.66. The fourth-order valence-corrected chi connectivity index (χ4v) is 3.02. The quantitative estimate of drug-likeness (QED) is 0.668. The van der Waals surface area contributed by atoms with Gasteiger partial charge in [0.1, 0.15) is 5.70 Å².